The molecule has 1 heterocycles. The molecule has 1 aliphatic carbocycles. The van der Waals surface area contributed by atoms with Crippen molar-refractivity contribution in [1.82, 2.24) is 10.2 Å². The molecule has 2 rings (SSSR count). The molecule has 0 aromatic rings. The van der Waals surface area contributed by atoms with Crippen LogP contribution in [-0.2, 0) is 0 Å². The van der Waals surface area contributed by atoms with Gasteiger partial charge in [0.15, 0.2) is 0 Å². The molecular weight excluding hydrogens is 174 g/mol. The second kappa shape index (κ2) is 5.10. The first-order valence-corrected chi connectivity index (χ1v) is 6.07. The third kappa shape index (κ3) is 2.47. The van der Waals surface area contributed by atoms with Crippen LogP contribution in [0, 0.1) is 0 Å². The SMILES string of the molecule is NCC1CN(C2CCCCC2)CCN1. The fourth-order valence-electron chi connectivity index (χ4n) is 2.79. The zero-order valence-corrected chi connectivity index (χ0v) is 9.04. The van der Waals surface area contributed by atoms with Crippen molar-refractivity contribution in [3.8, 4) is 0 Å². The molecule has 1 atom stereocenters. The molecule has 1 aliphatic heterocycles. The molecule has 0 bridgehead atoms. The molecule has 2 fully saturated rings. The lowest BCUT2D eigenvalue weighted by Gasteiger charge is -2.40. The molecule has 1 saturated carbocycles. The first kappa shape index (κ1) is 10.4. The lowest BCUT2D eigenvalue weighted by Crippen LogP contribution is -2.56. The van der Waals surface area contributed by atoms with Crippen molar-refractivity contribution in [3.05, 3.63) is 0 Å². The number of nitrogens with zero attached hydrogens (tertiary/aromatic N) is 1. The summed E-state index contributed by atoms with van der Waals surface area (Å²) in [7, 11) is 0. The van der Waals surface area contributed by atoms with E-state index in [1.54, 1.807) is 0 Å². The molecule has 3 heteroatoms. The summed E-state index contributed by atoms with van der Waals surface area (Å²) >= 11 is 0. The third-order valence-corrected chi connectivity index (χ3v) is 3.66. The van der Waals surface area contributed by atoms with Crippen LogP contribution in [0.2, 0.25) is 0 Å². The lowest BCUT2D eigenvalue weighted by molar-refractivity contribution is 0.117. The fourth-order valence-corrected chi connectivity index (χ4v) is 2.79. The zero-order chi connectivity index (χ0) is 9.80. The van der Waals surface area contributed by atoms with Crippen molar-refractivity contribution in [2.45, 2.75) is 44.2 Å². The highest BCUT2D eigenvalue weighted by molar-refractivity contribution is 4.84. The zero-order valence-electron chi connectivity index (χ0n) is 9.04. The van der Waals surface area contributed by atoms with Crippen LogP contribution in [0.15, 0.2) is 0 Å². The van der Waals surface area contributed by atoms with Crippen molar-refractivity contribution in [3.63, 3.8) is 0 Å². The average Bonchev–Trinajstić information content (AvgIpc) is 2.30. The number of hydrogen-bond donors (Lipinski definition) is 2. The summed E-state index contributed by atoms with van der Waals surface area (Å²) < 4.78 is 0. The first-order chi connectivity index (χ1) is 6.90. The number of rotatable bonds is 2. The largest absolute Gasteiger partial charge is 0.329 e. The highest BCUT2D eigenvalue weighted by Gasteiger charge is 2.25. The number of hydrogen-bond acceptors (Lipinski definition) is 3. The van der Waals surface area contributed by atoms with Gasteiger partial charge in [-0.05, 0) is 12.8 Å². The fraction of sp³-hybridized carbons (Fsp3) is 1.00. The Bertz CT molecular complexity index is 166. The smallest absolute Gasteiger partial charge is 0.0318 e. The van der Waals surface area contributed by atoms with Crippen molar-refractivity contribution >= 4 is 0 Å². The van der Waals surface area contributed by atoms with Gasteiger partial charge in [-0.1, -0.05) is 19.3 Å². The molecule has 1 unspecified atom stereocenters. The second-order valence-electron chi connectivity index (χ2n) is 4.67. The topological polar surface area (TPSA) is 41.3 Å². The molecule has 0 amide bonds. The average molecular weight is 197 g/mol. The van der Waals surface area contributed by atoms with Crippen LogP contribution >= 0.6 is 0 Å². The second-order valence-corrected chi connectivity index (χ2v) is 4.67. The summed E-state index contributed by atoms with van der Waals surface area (Å²) in [5.74, 6) is 0. The minimum absolute atomic E-state index is 0.533. The summed E-state index contributed by atoms with van der Waals surface area (Å²) in [6.07, 6.45) is 7.14. The van der Waals surface area contributed by atoms with E-state index < -0.39 is 0 Å². The maximum Gasteiger partial charge on any atom is 0.0318 e. The predicted molar refractivity (Wildman–Crippen MR) is 59.3 cm³/mol. The van der Waals surface area contributed by atoms with Crippen molar-refractivity contribution in [2.24, 2.45) is 5.73 Å². The maximum atomic E-state index is 5.71. The van der Waals surface area contributed by atoms with E-state index in [2.05, 4.69) is 10.2 Å². The maximum absolute atomic E-state index is 5.71. The van der Waals surface area contributed by atoms with Gasteiger partial charge >= 0.3 is 0 Å². The van der Waals surface area contributed by atoms with Crippen molar-refractivity contribution in [2.75, 3.05) is 26.2 Å². The van der Waals surface area contributed by atoms with E-state index in [0.717, 1.165) is 19.1 Å². The van der Waals surface area contributed by atoms with E-state index in [4.69, 9.17) is 5.73 Å². The van der Waals surface area contributed by atoms with Gasteiger partial charge in [0.1, 0.15) is 0 Å². The van der Waals surface area contributed by atoms with Gasteiger partial charge in [-0.25, -0.2) is 0 Å². The van der Waals surface area contributed by atoms with Gasteiger partial charge in [0.2, 0.25) is 0 Å². The third-order valence-electron chi connectivity index (χ3n) is 3.66. The van der Waals surface area contributed by atoms with Crippen LogP contribution in [-0.4, -0.2) is 43.2 Å². The van der Waals surface area contributed by atoms with Crippen molar-refractivity contribution < 1.29 is 0 Å². The molecule has 0 aromatic heterocycles. The molecule has 0 aromatic carbocycles. The standard InChI is InChI=1S/C11H23N3/c12-8-10-9-14(7-6-13-10)11-4-2-1-3-5-11/h10-11,13H,1-9,12H2. The molecule has 0 radical (unpaired) electrons. The highest BCUT2D eigenvalue weighted by Crippen LogP contribution is 2.23. The van der Waals surface area contributed by atoms with E-state index in [1.807, 2.05) is 0 Å². The Balaban J connectivity index is 1.83. The van der Waals surface area contributed by atoms with E-state index in [9.17, 15) is 0 Å². The summed E-state index contributed by atoms with van der Waals surface area (Å²) in [4.78, 5) is 2.66. The summed E-state index contributed by atoms with van der Waals surface area (Å²) in [6.45, 7) is 4.30. The van der Waals surface area contributed by atoms with E-state index >= 15 is 0 Å². The van der Waals surface area contributed by atoms with Crippen LogP contribution in [0.1, 0.15) is 32.1 Å². The highest BCUT2D eigenvalue weighted by atomic mass is 15.2. The van der Waals surface area contributed by atoms with Gasteiger partial charge in [-0.15, -0.1) is 0 Å². The van der Waals surface area contributed by atoms with Gasteiger partial charge in [-0.3, -0.25) is 4.90 Å². The Morgan fingerprint density at radius 2 is 2.00 bits per heavy atom. The van der Waals surface area contributed by atoms with Gasteiger partial charge in [0, 0.05) is 38.3 Å². The Kier molecular flexibility index (Phi) is 3.79. The number of nitrogens with two attached hydrogens (primary N) is 1. The van der Waals surface area contributed by atoms with Crippen LogP contribution in [0.5, 0.6) is 0 Å². The van der Waals surface area contributed by atoms with Crippen LogP contribution < -0.4 is 11.1 Å². The Hall–Kier alpha value is -0.120. The minimum Gasteiger partial charge on any atom is -0.329 e. The van der Waals surface area contributed by atoms with E-state index in [0.29, 0.717) is 6.04 Å². The minimum atomic E-state index is 0.533. The molecule has 1 saturated heterocycles. The first-order valence-electron chi connectivity index (χ1n) is 6.07. The lowest BCUT2D eigenvalue weighted by atomic mass is 9.93. The summed E-state index contributed by atoms with van der Waals surface area (Å²) in [5.41, 5.74) is 5.71. The summed E-state index contributed by atoms with van der Waals surface area (Å²) in [5, 5.41) is 3.47. The van der Waals surface area contributed by atoms with E-state index in [-0.39, 0.29) is 0 Å². The quantitative estimate of drug-likeness (QED) is 0.679. The Morgan fingerprint density at radius 3 is 2.71 bits per heavy atom. The molecule has 3 N–H and O–H groups in total. The molecule has 0 spiro atoms. The molecule has 2 aliphatic rings. The molecular formula is C11H23N3. The monoisotopic (exact) mass is 197 g/mol. The molecule has 82 valence electrons. The number of piperazine rings is 1. The Labute approximate surface area is 87.0 Å². The van der Waals surface area contributed by atoms with Gasteiger partial charge < -0.3 is 11.1 Å². The van der Waals surface area contributed by atoms with Crippen LogP contribution in [0.3, 0.4) is 0 Å². The molecule has 3 nitrogen and oxygen atoms in total. The number of nitrogens with one attached hydrogen (secondary N) is 1. The predicted octanol–water partition coefficient (Wildman–Crippen LogP) is 0.552. The van der Waals surface area contributed by atoms with Gasteiger partial charge in [-0.2, -0.15) is 0 Å². The van der Waals surface area contributed by atoms with Gasteiger partial charge in [0.05, 0.1) is 0 Å². The van der Waals surface area contributed by atoms with Crippen molar-refractivity contribution in [1.29, 1.82) is 0 Å². The van der Waals surface area contributed by atoms with Gasteiger partial charge in [0.25, 0.3) is 0 Å². The molecule has 14 heavy (non-hydrogen) atoms. The van der Waals surface area contributed by atoms with E-state index in [1.165, 1.54) is 45.2 Å². The Morgan fingerprint density at radius 1 is 1.21 bits per heavy atom. The van der Waals surface area contributed by atoms with Crippen LogP contribution in [0.25, 0.3) is 0 Å². The summed E-state index contributed by atoms with van der Waals surface area (Å²) in [6, 6.07) is 1.39. The normalized spacial score (nSPS) is 31.9. The van der Waals surface area contributed by atoms with Crippen LogP contribution in [0.4, 0.5) is 0 Å².